The summed E-state index contributed by atoms with van der Waals surface area (Å²) < 4.78 is 5.21. The second-order valence-corrected chi connectivity index (χ2v) is 6.91. The van der Waals surface area contributed by atoms with Gasteiger partial charge >= 0.3 is 0 Å². The molecule has 4 aromatic rings. The van der Waals surface area contributed by atoms with Crippen molar-refractivity contribution in [2.24, 2.45) is 0 Å². The summed E-state index contributed by atoms with van der Waals surface area (Å²) in [5.74, 6) is -0.524. The Kier molecular flexibility index (Phi) is 5.07. The molecule has 4 rings (SSSR count). The van der Waals surface area contributed by atoms with Gasteiger partial charge in [-0.05, 0) is 47.4 Å². The molecule has 0 saturated heterocycles. The number of rotatable bonds is 5. The summed E-state index contributed by atoms with van der Waals surface area (Å²) in [6.45, 7) is 0.383. The predicted octanol–water partition coefficient (Wildman–Crippen LogP) is 3.87. The second kappa shape index (κ2) is 7.98. The quantitative estimate of drug-likeness (QED) is 0.544. The van der Waals surface area contributed by atoms with Crippen molar-refractivity contribution in [3.05, 3.63) is 89.9 Å². The monoisotopic (exact) mass is 388 g/mol. The van der Waals surface area contributed by atoms with E-state index in [1.165, 1.54) is 11.5 Å². The van der Waals surface area contributed by atoms with Crippen molar-refractivity contribution in [2.75, 3.05) is 5.32 Å². The van der Waals surface area contributed by atoms with Gasteiger partial charge in [-0.25, -0.2) is 0 Å². The van der Waals surface area contributed by atoms with Gasteiger partial charge in [0.05, 0.1) is 4.70 Å². The van der Waals surface area contributed by atoms with Gasteiger partial charge in [0.15, 0.2) is 0 Å². The summed E-state index contributed by atoms with van der Waals surface area (Å²) >= 11 is 1.29. The average Bonchev–Trinajstić information content (AvgIpc) is 3.17. The molecule has 28 heavy (non-hydrogen) atoms. The van der Waals surface area contributed by atoms with Gasteiger partial charge < -0.3 is 10.6 Å². The Labute approximate surface area is 165 Å². The molecule has 0 unspecified atom stereocenters. The van der Waals surface area contributed by atoms with Gasteiger partial charge in [0.2, 0.25) is 0 Å². The zero-order chi connectivity index (χ0) is 19.3. The molecule has 2 heterocycles. The highest BCUT2D eigenvalue weighted by atomic mass is 32.1. The molecule has 2 aromatic heterocycles. The first kappa shape index (κ1) is 17.8. The van der Waals surface area contributed by atoms with Crippen LogP contribution in [-0.4, -0.2) is 21.2 Å². The lowest BCUT2D eigenvalue weighted by atomic mass is 10.1. The van der Waals surface area contributed by atoms with Crippen molar-refractivity contribution in [3.8, 4) is 0 Å². The van der Waals surface area contributed by atoms with E-state index in [9.17, 15) is 9.59 Å². The topological polar surface area (TPSA) is 84.0 Å². The lowest BCUT2D eigenvalue weighted by Gasteiger charge is -2.08. The Hall–Kier alpha value is -3.58. The standard InChI is InChI=1S/C21H16N4O2S/c26-20(23-13-14-5-4-10-22-12-14)15-6-3-7-16(11-15)24-21(27)19-17-8-1-2-9-18(17)28-25-19/h1-12H,13H2,(H,23,26)(H,24,27). The third-order valence-electron chi connectivity index (χ3n) is 4.15. The lowest BCUT2D eigenvalue weighted by Crippen LogP contribution is -2.23. The molecule has 2 N–H and O–H groups in total. The summed E-state index contributed by atoms with van der Waals surface area (Å²) in [6.07, 6.45) is 3.39. The highest BCUT2D eigenvalue weighted by Gasteiger charge is 2.15. The zero-order valence-electron chi connectivity index (χ0n) is 14.8. The molecule has 0 aliphatic heterocycles. The maximum atomic E-state index is 12.6. The van der Waals surface area contributed by atoms with Crippen molar-refractivity contribution in [1.29, 1.82) is 0 Å². The molecule has 0 radical (unpaired) electrons. The van der Waals surface area contributed by atoms with Crippen LogP contribution in [0.3, 0.4) is 0 Å². The van der Waals surface area contributed by atoms with Gasteiger partial charge in [-0.1, -0.05) is 30.3 Å². The third-order valence-corrected chi connectivity index (χ3v) is 4.98. The van der Waals surface area contributed by atoms with Crippen LogP contribution in [0, 0.1) is 0 Å². The number of nitrogens with zero attached hydrogens (tertiary/aromatic N) is 2. The van der Waals surface area contributed by atoms with Crippen LogP contribution in [0.5, 0.6) is 0 Å². The van der Waals surface area contributed by atoms with Crippen LogP contribution in [0.1, 0.15) is 26.4 Å². The van der Waals surface area contributed by atoms with Crippen molar-refractivity contribution in [1.82, 2.24) is 14.7 Å². The third kappa shape index (κ3) is 3.89. The average molecular weight is 388 g/mol. The molecule has 2 aromatic carbocycles. The molecule has 0 bridgehead atoms. The maximum Gasteiger partial charge on any atom is 0.276 e. The van der Waals surface area contributed by atoms with Gasteiger partial charge in [-0.3, -0.25) is 14.6 Å². The van der Waals surface area contributed by atoms with Crippen LogP contribution in [-0.2, 0) is 6.54 Å². The molecule has 6 nitrogen and oxygen atoms in total. The number of hydrogen-bond donors (Lipinski definition) is 2. The van der Waals surface area contributed by atoms with Gasteiger partial charge in [-0.2, -0.15) is 4.37 Å². The summed E-state index contributed by atoms with van der Waals surface area (Å²) in [5, 5.41) is 6.48. The first-order valence-electron chi connectivity index (χ1n) is 8.63. The maximum absolute atomic E-state index is 12.6. The van der Waals surface area contributed by atoms with E-state index in [0.717, 1.165) is 15.6 Å². The van der Waals surface area contributed by atoms with Crippen LogP contribution >= 0.6 is 11.5 Å². The molecule has 0 spiro atoms. The van der Waals surface area contributed by atoms with Crippen molar-refractivity contribution < 1.29 is 9.59 Å². The Morgan fingerprint density at radius 3 is 2.71 bits per heavy atom. The summed E-state index contributed by atoms with van der Waals surface area (Å²) in [6, 6.07) is 18.1. The highest BCUT2D eigenvalue weighted by Crippen LogP contribution is 2.23. The van der Waals surface area contributed by atoms with E-state index in [0.29, 0.717) is 23.5 Å². The van der Waals surface area contributed by atoms with E-state index in [2.05, 4.69) is 20.0 Å². The minimum absolute atomic E-state index is 0.223. The molecule has 0 fully saturated rings. The van der Waals surface area contributed by atoms with E-state index < -0.39 is 0 Å². The molecule has 0 aliphatic carbocycles. The van der Waals surface area contributed by atoms with Crippen LogP contribution < -0.4 is 10.6 Å². The predicted molar refractivity (Wildman–Crippen MR) is 109 cm³/mol. The number of pyridine rings is 1. The van der Waals surface area contributed by atoms with Crippen molar-refractivity contribution in [2.45, 2.75) is 6.54 Å². The summed E-state index contributed by atoms with van der Waals surface area (Å²) in [4.78, 5) is 29.0. The smallest absolute Gasteiger partial charge is 0.276 e. The van der Waals surface area contributed by atoms with E-state index in [1.807, 2.05) is 36.4 Å². The molecule has 138 valence electrons. The SMILES string of the molecule is O=C(NCc1cccnc1)c1cccc(NC(=O)c2nsc3ccccc23)c1. The largest absolute Gasteiger partial charge is 0.348 e. The minimum Gasteiger partial charge on any atom is -0.348 e. The Balaban J connectivity index is 1.46. The number of fused-ring (bicyclic) bond motifs is 1. The number of carbonyl (C=O) groups is 2. The molecule has 0 atom stereocenters. The molecule has 7 heteroatoms. The van der Waals surface area contributed by atoms with E-state index >= 15 is 0 Å². The fraction of sp³-hybridized carbons (Fsp3) is 0.0476. The molecule has 2 amide bonds. The number of amides is 2. The first-order valence-corrected chi connectivity index (χ1v) is 9.41. The van der Waals surface area contributed by atoms with Gasteiger partial charge in [-0.15, -0.1) is 0 Å². The van der Waals surface area contributed by atoms with Gasteiger partial charge in [0, 0.05) is 35.6 Å². The van der Waals surface area contributed by atoms with E-state index in [1.54, 1.807) is 36.7 Å². The minimum atomic E-state index is -0.301. The van der Waals surface area contributed by atoms with E-state index in [-0.39, 0.29) is 11.8 Å². The molecule has 0 saturated carbocycles. The zero-order valence-corrected chi connectivity index (χ0v) is 15.6. The lowest BCUT2D eigenvalue weighted by molar-refractivity contribution is 0.0949. The van der Waals surface area contributed by atoms with Gasteiger partial charge in [0.1, 0.15) is 5.69 Å². The summed E-state index contributed by atoms with van der Waals surface area (Å²) in [7, 11) is 0. The second-order valence-electron chi connectivity index (χ2n) is 6.11. The fourth-order valence-electron chi connectivity index (χ4n) is 2.77. The van der Waals surface area contributed by atoms with Crippen molar-refractivity contribution in [3.63, 3.8) is 0 Å². The summed E-state index contributed by atoms with van der Waals surface area (Å²) in [5.41, 5.74) is 2.30. The first-order chi connectivity index (χ1) is 13.7. The van der Waals surface area contributed by atoms with E-state index in [4.69, 9.17) is 0 Å². The molecular weight excluding hydrogens is 372 g/mol. The van der Waals surface area contributed by atoms with Crippen LogP contribution in [0.4, 0.5) is 5.69 Å². The number of nitrogens with one attached hydrogen (secondary N) is 2. The Bertz CT molecular complexity index is 1140. The number of benzene rings is 2. The van der Waals surface area contributed by atoms with Crippen LogP contribution in [0.25, 0.3) is 10.1 Å². The number of hydrogen-bond acceptors (Lipinski definition) is 5. The van der Waals surface area contributed by atoms with Crippen molar-refractivity contribution >= 4 is 39.1 Å². The van der Waals surface area contributed by atoms with Crippen LogP contribution in [0.15, 0.2) is 73.1 Å². The Morgan fingerprint density at radius 2 is 1.86 bits per heavy atom. The fourth-order valence-corrected chi connectivity index (χ4v) is 3.54. The van der Waals surface area contributed by atoms with Crippen LogP contribution in [0.2, 0.25) is 0 Å². The number of aromatic nitrogens is 2. The van der Waals surface area contributed by atoms with Gasteiger partial charge in [0.25, 0.3) is 11.8 Å². The highest BCUT2D eigenvalue weighted by molar-refractivity contribution is 7.13. The normalized spacial score (nSPS) is 10.6. The molecule has 0 aliphatic rings. The Morgan fingerprint density at radius 1 is 0.964 bits per heavy atom. The number of carbonyl (C=O) groups excluding carboxylic acids is 2. The molecular formula is C21H16N4O2S. The number of anilines is 1.